The van der Waals surface area contributed by atoms with E-state index in [0.717, 1.165) is 24.2 Å². The van der Waals surface area contributed by atoms with Gasteiger partial charge in [-0.15, -0.1) is 0 Å². The SMILES string of the molecule is COC(=O)O[C@@H]1CC2=CC=C3[C@@H]4CC[C@H]([C@@H](C)/C=C/C(O[Si](C)(C)C)=C(C)C)[C@@]4(C)CC[C@@H]3[C@@]2(C)[C@@H](OC(=O)OC)C1. The van der Waals surface area contributed by atoms with E-state index in [1.165, 1.54) is 38.2 Å². The van der Waals surface area contributed by atoms with Crippen LogP contribution in [-0.4, -0.2) is 47.1 Å². The smallest absolute Gasteiger partial charge is 0.508 e. The fraction of sp³-hybridized carbons (Fsp3) is 0.706. The van der Waals surface area contributed by atoms with E-state index in [-0.39, 0.29) is 16.7 Å². The summed E-state index contributed by atoms with van der Waals surface area (Å²) in [6.07, 6.45) is 12.4. The number of hydrogen-bond acceptors (Lipinski definition) is 7. The first-order chi connectivity index (χ1) is 19.6. The van der Waals surface area contributed by atoms with E-state index in [0.29, 0.717) is 30.6 Å². The molecule has 0 amide bonds. The number of methoxy groups -OCH3 is 2. The molecule has 0 aliphatic heterocycles. The molecule has 0 aromatic rings. The highest BCUT2D eigenvalue weighted by molar-refractivity contribution is 6.70. The Labute approximate surface area is 253 Å². The van der Waals surface area contributed by atoms with Crippen molar-refractivity contribution in [2.45, 2.75) is 105 Å². The monoisotopic (exact) mass is 600 g/mol. The maximum Gasteiger partial charge on any atom is 0.508 e. The minimum absolute atomic E-state index is 0.197. The van der Waals surface area contributed by atoms with E-state index in [2.05, 4.69) is 78.6 Å². The molecule has 3 fully saturated rings. The van der Waals surface area contributed by atoms with E-state index in [4.69, 9.17) is 23.4 Å². The zero-order valence-corrected chi connectivity index (χ0v) is 28.4. The van der Waals surface area contributed by atoms with E-state index >= 15 is 0 Å². The summed E-state index contributed by atoms with van der Waals surface area (Å²) in [6, 6.07) is 0. The lowest BCUT2D eigenvalue weighted by molar-refractivity contribution is -0.0827. The molecule has 0 aromatic heterocycles. The van der Waals surface area contributed by atoms with Crippen LogP contribution in [0.15, 0.2) is 46.8 Å². The van der Waals surface area contributed by atoms with Crippen LogP contribution in [0.4, 0.5) is 9.59 Å². The van der Waals surface area contributed by atoms with Crippen molar-refractivity contribution < 1.29 is 33.0 Å². The summed E-state index contributed by atoms with van der Waals surface area (Å²) in [7, 11) is 0.939. The first-order valence-electron chi connectivity index (χ1n) is 15.6. The number of ether oxygens (including phenoxy) is 4. The highest BCUT2D eigenvalue weighted by Gasteiger charge is 2.60. The van der Waals surface area contributed by atoms with Gasteiger partial charge in [-0.1, -0.05) is 50.1 Å². The van der Waals surface area contributed by atoms with Crippen molar-refractivity contribution in [3.05, 3.63) is 46.8 Å². The molecule has 0 aromatic carbocycles. The van der Waals surface area contributed by atoms with Crippen molar-refractivity contribution in [1.29, 1.82) is 0 Å². The molecule has 4 rings (SSSR count). The maximum absolute atomic E-state index is 12.4. The third kappa shape index (κ3) is 6.24. The Balaban J connectivity index is 1.60. The van der Waals surface area contributed by atoms with Gasteiger partial charge in [0, 0.05) is 18.3 Å². The quantitative estimate of drug-likeness (QED) is 0.125. The van der Waals surface area contributed by atoms with Gasteiger partial charge in [0.1, 0.15) is 18.0 Å². The van der Waals surface area contributed by atoms with Gasteiger partial charge < -0.3 is 23.4 Å². The van der Waals surface area contributed by atoms with Gasteiger partial charge in [0.25, 0.3) is 0 Å². The van der Waals surface area contributed by atoms with Gasteiger partial charge >= 0.3 is 12.3 Å². The number of fused-ring (bicyclic) bond motifs is 5. The minimum Gasteiger partial charge on any atom is -0.544 e. The zero-order chi connectivity index (χ0) is 31.0. The van der Waals surface area contributed by atoms with Crippen LogP contribution in [0.5, 0.6) is 0 Å². The summed E-state index contributed by atoms with van der Waals surface area (Å²) < 4.78 is 27.5. The highest BCUT2D eigenvalue weighted by atomic mass is 28.4. The Kier molecular flexibility index (Phi) is 9.46. The number of carbonyl (C=O) groups excluding carboxylic acids is 2. The van der Waals surface area contributed by atoms with Gasteiger partial charge in [0.05, 0.1) is 14.2 Å². The second kappa shape index (κ2) is 12.3. The first kappa shape index (κ1) is 32.4. The number of carbonyl (C=O) groups is 2. The van der Waals surface area contributed by atoms with E-state index in [1.807, 2.05) is 0 Å². The van der Waals surface area contributed by atoms with Crippen LogP contribution in [0.25, 0.3) is 0 Å². The van der Waals surface area contributed by atoms with Gasteiger partial charge in [-0.25, -0.2) is 9.59 Å². The second-order valence-corrected chi connectivity index (χ2v) is 18.9. The van der Waals surface area contributed by atoms with Crippen LogP contribution in [0.1, 0.15) is 73.1 Å². The molecule has 0 saturated heterocycles. The molecule has 234 valence electrons. The molecule has 7 nitrogen and oxygen atoms in total. The van der Waals surface area contributed by atoms with Crippen molar-refractivity contribution in [2.24, 2.45) is 34.5 Å². The van der Waals surface area contributed by atoms with Gasteiger partial charge in [0.15, 0.2) is 0 Å². The predicted octanol–water partition coefficient (Wildman–Crippen LogP) is 8.74. The average Bonchev–Trinajstić information content (AvgIpc) is 3.27. The summed E-state index contributed by atoms with van der Waals surface area (Å²) in [6.45, 7) is 18.0. The third-order valence-corrected chi connectivity index (χ3v) is 11.4. The van der Waals surface area contributed by atoms with Gasteiger partial charge in [0.2, 0.25) is 8.32 Å². The van der Waals surface area contributed by atoms with Crippen LogP contribution in [-0.2, 0) is 23.4 Å². The average molecular weight is 601 g/mol. The van der Waals surface area contributed by atoms with E-state index in [1.54, 1.807) is 0 Å². The number of rotatable bonds is 7. The Morgan fingerprint density at radius 3 is 2.26 bits per heavy atom. The molecule has 0 bridgehead atoms. The Bertz CT molecular complexity index is 1170. The number of hydrogen-bond donors (Lipinski definition) is 0. The third-order valence-electron chi connectivity index (χ3n) is 10.6. The fourth-order valence-electron chi connectivity index (χ4n) is 8.52. The summed E-state index contributed by atoms with van der Waals surface area (Å²) in [5.41, 5.74) is 3.69. The van der Waals surface area contributed by atoms with Crippen molar-refractivity contribution in [2.75, 3.05) is 14.2 Å². The molecule has 0 N–H and O–H groups in total. The highest BCUT2D eigenvalue weighted by Crippen LogP contribution is 2.66. The van der Waals surface area contributed by atoms with E-state index < -0.39 is 32.8 Å². The second-order valence-electron chi connectivity index (χ2n) is 14.5. The summed E-state index contributed by atoms with van der Waals surface area (Å²) >= 11 is 0. The molecule has 0 unspecified atom stereocenters. The lowest BCUT2D eigenvalue weighted by atomic mass is 9.49. The van der Waals surface area contributed by atoms with Crippen LogP contribution in [0, 0.1) is 34.5 Å². The summed E-state index contributed by atoms with van der Waals surface area (Å²) in [5, 5.41) is 0. The van der Waals surface area contributed by atoms with Crippen LogP contribution in [0.3, 0.4) is 0 Å². The van der Waals surface area contributed by atoms with Crippen LogP contribution >= 0.6 is 0 Å². The van der Waals surface area contributed by atoms with Crippen molar-refractivity contribution in [3.63, 3.8) is 0 Å². The van der Waals surface area contributed by atoms with Gasteiger partial charge in [-0.3, -0.25) is 0 Å². The molecule has 0 spiro atoms. The van der Waals surface area contributed by atoms with Crippen molar-refractivity contribution in [1.82, 2.24) is 0 Å². The zero-order valence-electron chi connectivity index (χ0n) is 27.4. The fourth-order valence-corrected chi connectivity index (χ4v) is 9.46. The molecule has 8 heteroatoms. The maximum atomic E-state index is 12.4. The number of allylic oxidation sites excluding steroid dienone is 6. The molecule has 4 aliphatic rings. The van der Waals surface area contributed by atoms with E-state index in [9.17, 15) is 9.59 Å². The molecule has 0 radical (unpaired) electrons. The lowest BCUT2D eigenvalue weighted by Gasteiger charge is -2.57. The summed E-state index contributed by atoms with van der Waals surface area (Å²) in [4.78, 5) is 24.3. The molecule has 42 heavy (non-hydrogen) atoms. The summed E-state index contributed by atoms with van der Waals surface area (Å²) in [5.74, 6) is 2.78. The molecule has 8 atom stereocenters. The van der Waals surface area contributed by atoms with Gasteiger partial charge in [-0.05, 0) is 99.9 Å². The Morgan fingerprint density at radius 1 is 0.976 bits per heavy atom. The molecule has 3 saturated carbocycles. The Morgan fingerprint density at radius 2 is 1.64 bits per heavy atom. The minimum atomic E-state index is -1.70. The molecular weight excluding hydrogens is 548 g/mol. The Hall–Kier alpha value is -2.48. The van der Waals surface area contributed by atoms with Crippen LogP contribution < -0.4 is 0 Å². The molecule has 0 heterocycles. The predicted molar refractivity (Wildman–Crippen MR) is 166 cm³/mol. The van der Waals surface area contributed by atoms with Crippen molar-refractivity contribution >= 4 is 20.6 Å². The lowest BCUT2D eigenvalue weighted by Crippen LogP contribution is -2.54. The topological polar surface area (TPSA) is 80.3 Å². The molecular formula is C34H52O7Si. The largest absolute Gasteiger partial charge is 0.544 e. The first-order valence-corrected chi connectivity index (χ1v) is 19.0. The van der Waals surface area contributed by atoms with Gasteiger partial charge in [-0.2, -0.15) is 0 Å². The standard InChI is InChI=1S/C34H52O7Si/c1-21(2)29(41-42(8,9)10)16-11-22(3)26-14-15-27-25-13-12-23-19-24(39-31(35)37-6)20-30(40-32(36)38-7)34(23,5)28(25)17-18-33(26,27)4/h11-13,16,22,24,26-28,30H,14-15,17-20H2,1-10H3/b16-11+/t22-,24+,26+,27-,28-,30-,33+,34-/m0/s1. The molecule has 4 aliphatic carbocycles. The normalized spacial score (nSPS) is 34.6. The van der Waals surface area contributed by atoms with Crippen molar-refractivity contribution in [3.8, 4) is 0 Å². The van der Waals surface area contributed by atoms with Crippen LogP contribution in [0.2, 0.25) is 19.6 Å².